The molecule has 0 bridgehead atoms. The van der Waals surface area contributed by atoms with Crippen LogP contribution in [-0.4, -0.2) is 12.6 Å². The highest BCUT2D eigenvalue weighted by Crippen LogP contribution is 2.27. The minimum Gasteiger partial charge on any atom is -0.463 e. The summed E-state index contributed by atoms with van der Waals surface area (Å²) in [5.41, 5.74) is 1.02. The summed E-state index contributed by atoms with van der Waals surface area (Å²) in [6.45, 7) is 0.550. The van der Waals surface area contributed by atoms with Gasteiger partial charge in [-0.2, -0.15) is 0 Å². The molecule has 0 saturated heterocycles. The fraction of sp³-hybridized carbons (Fsp3) is 0.500. The fourth-order valence-corrected chi connectivity index (χ4v) is 2.80. The van der Waals surface area contributed by atoms with Crippen LogP contribution in [0, 0.1) is 5.92 Å². The predicted octanol–water partition coefficient (Wildman–Crippen LogP) is 4.60. The van der Waals surface area contributed by atoms with E-state index in [-0.39, 0.29) is 5.97 Å². The van der Waals surface area contributed by atoms with Crippen LogP contribution in [0.2, 0.25) is 0 Å². The number of rotatable bonds is 6. The van der Waals surface area contributed by atoms with E-state index in [2.05, 4.69) is 0 Å². The Kier molecular flexibility index (Phi) is 6.36. The predicted molar refractivity (Wildman–Crippen MR) is 82.2 cm³/mol. The molecule has 1 saturated carbocycles. The van der Waals surface area contributed by atoms with E-state index in [1.54, 1.807) is 6.08 Å². The zero-order valence-corrected chi connectivity index (χ0v) is 12.1. The van der Waals surface area contributed by atoms with Gasteiger partial charge >= 0.3 is 5.97 Å². The SMILES string of the molecule is O=C(C=Cc1ccccc1)OCCCC1CCCCC1. The maximum atomic E-state index is 11.6. The Morgan fingerprint density at radius 2 is 1.90 bits per heavy atom. The van der Waals surface area contributed by atoms with Gasteiger partial charge in [0, 0.05) is 6.08 Å². The summed E-state index contributed by atoms with van der Waals surface area (Å²) in [7, 11) is 0. The Morgan fingerprint density at radius 3 is 2.65 bits per heavy atom. The van der Waals surface area contributed by atoms with Crippen molar-refractivity contribution in [2.75, 3.05) is 6.61 Å². The van der Waals surface area contributed by atoms with Crippen molar-refractivity contribution in [2.24, 2.45) is 5.92 Å². The Labute approximate surface area is 121 Å². The van der Waals surface area contributed by atoms with Crippen LogP contribution in [0.3, 0.4) is 0 Å². The van der Waals surface area contributed by atoms with E-state index in [4.69, 9.17) is 4.74 Å². The zero-order valence-electron chi connectivity index (χ0n) is 12.1. The Bertz CT molecular complexity index is 416. The molecule has 1 aliphatic carbocycles. The number of benzene rings is 1. The lowest BCUT2D eigenvalue weighted by atomic mass is 9.86. The quantitative estimate of drug-likeness (QED) is 0.429. The maximum absolute atomic E-state index is 11.6. The van der Waals surface area contributed by atoms with E-state index < -0.39 is 0 Å². The largest absolute Gasteiger partial charge is 0.463 e. The first-order valence-electron chi connectivity index (χ1n) is 7.74. The van der Waals surface area contributed by atoms with Crippen LogP contribution in [0.1, 0.15) is 50.5 Å². The van der Waals surface area contributed by atoms with Crippen LogP contribution < -0.4 is 0 Å². The second-order valence-electron chi connectivity index (χ2n) is 5.56. The summed E-state index contributed by atoms with van der Waals surface area (Å²) in [5, 5.41) is 0. The van der Waals surface area contributed by atoms with Crippen molar-refractivity contribution in [3.8, 4) is 0 Å². The van der Waals surface area contributed by atoms with Crippen LogP contribution in [0.5, 0.6) is 0 Å². The molecular weight excluding hydrogens is 248 g/mol. The van der Waals surface area contributed by atoms with Gasteiger partial charge in [0.05, 0.1) is 6.61 Å². The van der Waals surface area contributed by atoms with Crippen LogP contribution in [0.4, 0.5) is 0 Å². The van der Waals surface area contributed by atoms with Crippen molar-refractivity contribution in [1.29, 1.82) is 0 Å². The molecule has 0 atom stereocenters. The van der Waals surface area contributed by atoms with Gasteiger partial charge in [0.25, 0.3) is 0 Å². The molecule has 20 heavy (non-hydrogen) atoms. The summed E-state index contributed by atoms with van der Waals surface area (Å²) in [6.07, 6.45) is 12.4. The average Bonchev–Trinajstić information content (AvgIpc) is 2.52. The molecule has 1 aromatic rings. The van der Waals surface area contributed by atoms with E-state index in [1.165, 1.54) is 44.6 Å². The monoisotopic (exact) mass is 272 g/mol. The van der Waals surface area contributed by atoms with Gasteiger partial charge < -0.3 is 4.74 Å². The summed E-state index contributed by atoms with van der Waals surface area (Å²) in [4.78, 5) is 11.6. The van der Waals surface area contributed by atoms with Crippen LogP contribution in [0.25, 0.3) is 6.08 Å². The molecule has 0 N–H and O–H groups in total. The first kappa shape index (κ1) is 14.8. The lowest BCUT2D eigenvalue weighted by molar-refractivity contribution is -0.137. The Morgan fingerprint density at radius 1 is 1.15 bits per heavy atom. The lowest BCUT2D eigenvalue weighted by Crippen LogP contribution is -2.08. The van der Waals surface area contributed by atoms with Gasteiger partial charge in [-0.25, -0.2) is 4.79 Å². The maximum Gasteiger partial charge on any atom is 0.330 e. The molecule has 0 unspecified atom stereocenters. The average molecular weight is 272 g/mol. The van der Waals surface area contributed by atoms with E-state index in [0.717, 1.165) is 17.9 Å². The molecule has 2 heteroatoms. The van der Waals surface area contributed by atoms with Gasteiger partial charge in [-0.3, -0.25) is 0 Å². The molecule has 108 valence electrons. The highest BCUT2D eigenvalue weighted by Gasteiger charge is 2.12. The number of carbonyl (C=O) groups is 1. The van der Waals surface area contributed by atoms with Crippen molar-refractivity contribution >= 4 is 12.0 Å². The first-order chi connectivity index (χ1) is 9.84. The van der Waals surface area contributed by atoms with E-state index in [9.17, 15) is 4.79 Å². The smallest absolute Gasteiger partial charge is 0.330 e. The molecule has 1 aromatic carbocycles. The van der Waals surface area contributed by atoms with Gasteiger partial charge in [-0.05, 0) is 30.4 Å². The molecule has 2 rings (SSSR count). The van der Waals surface area contributed by atoms with Crippen molar-refractivity contribution in [1.82, 2.24) is 0 Å². The summed E-state index contributed by atoms with van der Waals surface area (Å²) < 4.78 is 5.23. The Balaban J connectivity index is 1.59. The van der Waals surface area contributed by atoms with Gasteiger partial charge in [-0.15, -0.1) is 0 Å². The zero-order chi connectivity index (χ0) is 14.0. The highest BCUT2D eigenvalue weighted by atomic mass is 16.5. The highest BCUT2D eigenvalue weighted by molar-refractivity contribution is 5.86. The summed E-state index contributed by atoms with van der Waals surface area (Å²) in [6, 6.07) is 9.80. The normalized spacial score (nSPS) is 16.4. The standard InChI is InChI=1S/C18H24O2/c19-18(14-13-17-10-5-2-6-11-17)20-15-7-12-16-8-3-1-4-9-16/h2,5-6,10-11,13-14,16H,1,3-4,7-9,12,15H2. The van der Waals surface area contributed by atoms with Gasteiger partial charge in [-0.1, -0.05) is 62.4 Å². The van der Waals surface area contributed by atoms with Gasteiger partial charge in [0.15, 0.2) is 0 Å². The van der Waals surface area contributed by atoms with E-state index in [1.807, 2.05) is 30.3 Å². The third-order valence-corrected chi connectivity index (χ3v) is 3.94. The number of esters is 1. The number of ether oxygens (including phenoxy) is 1. The van der Waals surface area contributed by atoms with Crippen molar-refractivity contribution in [2.45, 2.75) is 44.9 Å². The molecule has 2 nitrogen and oxygen atoms in total. The summed E-state index contributed by atoms with van der Waals surface area (Å²) in [5.74, 6) is 0.625. The number of carbonyl (C=O) groups excluding carboxylic acids is 1. The number of hydrogen-bond donors (Lipinski definition) is 0. The van der Waals surface area contributed by atoms with Gasteiger partial charge in [0.2, 0.25) is 0 Å². The van der Waals surface area contributed by atoms with Crippen LogP contribution in [0.15, 0.2) is 36.4 Å². The molecule has 0 amide bonds. The summed E-state index contributed by atoms with van der Waals surface area (Å²) >= 11 is 0. The molecule has 1 aliphatic rings. The van der Waals surface area contributed by atoms with Crippen LogP contribution >= 0.6 is 0 Å². The first-order valence-corrected chi connectivity index (χ1v) is 7.74. The third-order valence-electron chi connectivity index (χ3n) is 3.94. The molecule has 1 fully saturated rings. The molecule has 0 radical (unpaired) electrons. The van der Waals surface area contributed by atoms with E-state index >= 15 is 0 Å². The minimum absolute atomic E-state index is 0.238. The second kappa shape index (κ2) is 8.57. The van der Waals surface area contributed by atoms with Crippen molar-refractivity contribution in [3.63, 3.8) is 0 Å². The molecular formula is C18H24O2. The number of hydrogen-bond acceptors (Lipinski definition) is 2. The molecule has 0 aromatic heterocycles. The minimum atomic E-state index is -0.238. The second-order valence-corrected chi connectivity index (χ2v) is 5.56. The lowest BCUT2D eigenvalue weighted by Gasteiger charge is -2.20. The van der Waals surface area contributed by atoms with Gasteiger partial charge in [0.1, 0.15) is 0 Å². The molecule has 0 aliphatic heterocycles. The fourth-order valence-electron chi connectivity index (χ4n) is 2.80. The Hall–Kier alpha value is -1.57. The van der Waals surface area contributed by atoms with E-state index in [0.29, 0.717) is 6.61 Å². The topological polar surface area (TPSA) is 26.3 Å². The van der Waals surface area contributed by atoms with Crippen LogP contribution in [-0.2, 0) is 9.53 Å². The molecule has 0 heterocycles. The van der Waals surface area contributed by atoms with Crippen molar-refractivity contribution < 1.29 is 9.53 Å². The van der Waals surface area contributed by atoms with Crippen molar-refractivity contribution in [3.05, 3.63) is 42.0 Å². The third kappa shape index (κ3) is 5.60. The molecule has 0 spiro atoms.